The number of aryl methyl sites for hydroxylation is 1. The standard InChI is InChI=1S/C26H42N5O.CH2O2/c1-18(11-15-31-17-30(6)23-21(31)22(27)28-16-29-23)9-13-24(4)20(3)10-14-25(5)19(2)8-7-12-26(24,25)32;2-1-3/h11,16-17,19-20,32H,7-10,12-15H2,1-6H3,(H2,27,28,29);1H,(H,2,3)/q+1;/p-1/b18-11+;/t19-,20-,24+,25+,26+;/m1./s1. The topological polar surface area (TPSA) is 121 Å². The predicted octanol–water partition coefficient (Wildman–Crippen LogP) is 2.92. The van der Waals surface area contributed by atoms with Crippen LogP contribution in [0.2, 0.25) is 0 Å². The minimum Gasteiger partial charge on any atom is -0.554 e. The lowest BCUT2D eigenvalue weighted by molar-refractivity contribution is -0.647. The Bertz CT molecular complexity index is 1080. The monoisotopic (exact) mass is 485 g/mol. The molecule has 0 saturated heterocycles. The van der Waals surface area contributed by atoms with Crippen molar-refractivity contribution in [3.8, 4) is 0 Å². The lowest BCUT2D eigenvalue weighted by Gasteiger charge is -2.65. The van der Waals surface area contributed by atoms with Gasteiger partial charge in [-0.1, -0.05) is 50.7 Å². The van der Waals surface area contributed by atoms with Gasteiger partial charge in [-0.3, -0.25) is 4.57 Å². The number of nitrogens with zero attached hydrogens (tertiary/aromatic N) is 4. The van der Waals surface area contributed by atoms with E-state index in [9.17, 15) is 5.11 Å². The van der Waals surface area contributed by atoms with Crippen molar-refractivity contribution in [1.82, 2.24) is 14.5 Å². The third-order valence-electron chi connectivity index (χ3n) is 9.78. The van der Waals surface area contributed by atoms with E-state index in [1.165, 1.54) is 24.7 Å². The zero-order valence-corrected chi connectivity index (χ0v) is 22.3. The van der Waals surface area contributed by atoms with E-state index in [-0.39, 0.29) is 10.8 Å². The van der Waals surface area contributed by atoms with Crippen molar-refractivity contribution in [2.75, 3.05) is 5.73 Å². The highest BCUT2D eigenvalue weighted by atomic mass is 16.3. The quantitative estimate of drug-likeness (QED) is 0.382. The summed E-state index contributed by atoms with van der Waals surface area (Å²) >= 11 is 0. The molecule has 194 valence electrons. The molecule has 2 aliphatic carbocycles. The van der Waals surface area contributed by atoms with Gasteiger partial charge in [0, 0.05) is 6.47 Å². The van der Waals surface area contributed by atoms with Gasteiger partial charge in [0.25, 0.3) is 0 Å². The number of nitrogen functional groups attached to an aromatic ring is 1. The third kappa shape index (κ3) is 4.57. The number of nitrogens with two attached hydrogens (primary N) is 1. The molecule has 35 heavy (non-hydrogen) atoms. The average molecular weight is 486 g/mol. The minimum absolute atomic E-state index is 0.0282. The Morgan fingerprint density at radius 3 is 2.66 bits per heavy atom. The SMILES string of the molecule is C/C(=C\Cn1c[n+](C)c2ncnc(N)c21)CC[C@@]1(C)[C@H](C)CC[C@@]2(C)[C@H](C)CCC[C@]12O.O=C[O-]. The maximum absolute atomic E-state index is 12.2. The fourth-order valence-corrected chi connectivity index (χ4v) is 6.95. The summed E-state index contributed by atoms with van der Waals surface area (Å²) in [5, 5.41) is 20.5. The largest absolute Gasteiger partial charge is 0.554 e. The molecule has 2 aromatic heterocycles. The molecule has 2 heterocycles. The Morgan fingerprint density at radius 2 is 1.97 bits per heavy atom. The number of allylic oxidation sites excluding steroid dienone is 2. The highest BCUT2D eigenvalue weighted by molar-refractivity contribution is 5.79. The molecule has 0 amide bonds. The second-order valence-corrected chi connectivity index (χ2v) is 11.4. The van der Waals surface area contributed by atoms with Crippen LogP contribution >= 0.6 is 0 Å². The number of fused-ring (bicyclic) bond motifs is 2. The van der Waals surface area contributed by atoms with Gasteiger partial charge < -0.3 is 20.7 Å². The van der Waals surface area contributed by atoms with E-state index < -0.39 is 12.1 Å². The minimum atomic E-state index is -0.578. The van der Waals surface area contributed by atoms with Crippen LogP contribution in [0.4, 0.5) is 5.82 Å². The lowest BCUT2D eigenvalue weighted by atomic mass is 9.42. The van der Waals surface area contributed by atoms with Crippen molar-refractivity contribution < 1.29 is 19.6 Å². The third-order valence-corrected chi connectivity index (χ3v) is 9.78. The van der Waals surface area contributed by atoms with E-state index >= 15 is 0 Å². The summed E-state index contributed by atoms with van der Waals surface area (Å²) in [6.45, 7) is 11.9. The molecule has 0 bridgehead atoms. The molecular weight excluding hydrogens is 442 g/mol. The van der Waals surface area contributed by atoms with Crippen LogP contribution in [-0.4, -0.2) is 31.7 Å². The summed E-state index contributed by atoms with van der Waals surface area (Å²) in [4.78, 5) is 16.8. The Kier molecular flexibility index (Phi) is 7.94. The van der Waals surface area contributed by atoms with Crippen LogP contribution in [0, 0.1) is 22.7 Å². The number of carboxylic acid groups (broad SMARTS) is 1. The van der Waals surface area contributed by atoms with Gasteiger partial charge in [0.1, 0.15) is 0 Å². The smallest absolute Gasteiger partial charge is 0.307 e. The van der Waals surface area contributed by atoms with Gasteiger partial charge in [0.2, 0.25) is 5.52 Å². The van der Waals surface area contributed by atoms with Gasteiger partial charge in [0.15, 0.2) is 18.5 Å². The van der Waals surface area contributed by atoms with Crippen molar-refractivity contribution in [3.63, 3.8) is 0 Å². The van der Waals surface area contributed by atoms with Crippen LogP contribution in [0.15, 0.2) is 24.3 Å². The fraction of sp³-hybridized carbons (Fsp3) is 0.704. The first-order valence-corrected chi connectivity index (χ1v) is 12.8. The molecule has 8 heteroatoms. The molecule has 2 fully saturated rings. The zero-order valence-electron chi connectivity index (χ0n) is 22.3. The van der Waals surface area contributed by atoms with Crippen LogP contribution < -0.4 is 15.4 Å². The first-order valence-electron chi connectivity index (χ1n) is 12.8. The number of carbonyl (C=O) groups is 1. The normalized spacial score (nSPS) is 33.1. The van der Waals surface area contributed by atoms with Crippen LogP contribution in [0.5, 0.6) is 0 Å². The van der Waals surface area contributed by atoms with Gasteiger partial charge in [-0.2, -0.15) is 4.98 Å². The first kappa shape index (κ1) is 27.1. The van der Waals surface area contributed by atoms with E-state index in [0.29, 0.717) is 17.7 Å². The van der Waals surface area contributed by atoms with Gasteiger partial charge in [-0.15, -0.1) is 0 Å². The molecule has 0 spiro atoms. The number of aromatic nitrogens is 4. The number of anilines is 1. The van der Waals surface area contributed by atoms with Gasteiger partial charge in [0.05, 0.1) is 19.2 Å². The number of aliphatic hydroxyl groups is 1. The zero-order chi connectivity index (χ0) is 26.0. The highest BCUT2D eigenvalue weighted by Crippen LogP contribution is 2.65. The fourth-order valence-electron chi connectivity index (χ4n) is 6.95. The second kappa shape index (κ2) is 10.2. The molecule has 0 radical (unpaired) electrons. The van der Waals surface area contributed by atoms with E-state index in [1.807, 2.05) is 17.9 Å². The molecule has 2 aliphatic rings. The second-order valence-electron chi connectivity index (χ2n) is 11.4. The van der Waals surface area contributed by atoms with Crippen LogP contribution in [0.25, 0.3) is 11.2 Å². The molecule has 5 atom stereocenters. The number of hydrogen-bond acceptors (Lipinski definition) is 6. The molecule has 0 aromatic carbocycles. The van der Waals surface area contributed by atoms with Crippen molar-refractivity contribution in [2.45, 2.75) is 91.7 Å². The molecule has 2 aromatic rings. The Labute approximate surface area is 209 Å². The Hall–Kier alpha value is -2.48. The van der Waals surface area contributed by atoms with Crippen LogP contribution in [0.3, 0.4) is 0 Å². The van der Waals surface area contributed by atoms with Gasteiger partial charge >= 0.3 is 5.65 Å². The molecule has 0 aliphatic heterocycles. The first-order chi connectivity index (χ1) is 16.4. The molecule has 0 unspecified atom stereocenters. The van der Waals surface area contributed by atoms with Crippen LogP contribution in [0.1, 0.15) is 79.6 Å². The number of rotatable bonds is 5. The number of imidazole rings is 1. The average Bonchev–Trinajstić information content (AvgIpc) is 3.14. The summed E-state index contributed by atoms with van der Waals surface area (Å²) in [5.41, 5.74) is 8.61. The Balaban J connectivity index is 0.00000108. The molecule has 2 saturated carbocycles. The Morgan fingerprint density at radius 1 is 1.29 bits per heavy atom. The van der Waals surface area contributed by atoms with E-state index in [2.05, 4.69) is 55.2 Å². The maximum atomic E-state index is 12.2. The van der Waals surface area contributed by atoms with Crippen molar-refractivity contribution in [1.29, 1.82) is 0 Å². The van der Waals surface area contributed by atoms with Crippen LogP contribution in [-0.2, 0) is 18.4 Å². The lowest BCUT2D eigenvalue weighted by Crippen LogP contribution is -2.66. The maximum Gasteiger partial charge on any atom is 0.307 e. The van der Waals surface area contributed by atoms with Crippen molar-refractivity contribution in [3.05, 3.63) is 24.3 Å². The molecule has 8 nitrogen and oxygen atoms in total. The van der Waals surface area contributed by atoms with E-state index in [4.69, 9.17) is 15.6 Å². The number of carbonyl (C=O) groups excluding carboxylic acids is 1. The molecular formula is C27H43N5O3. The number of hydrogen-bond donors (Lipinski definition) is 2. The van der Waals surface area contributed by atoms with Crippen molar-refractivity contribution >= 4 is 23.5 Å². The summed E-state index contributed by atoms with van der Waals surface area (Å²) in [7, 11) is 1.98. The molecule has 4 rings (SSSR count). The molecule has 3 N–H and O–H groups in total. The predicted molar refractivity (Wildman–Crippen MR) is 135 cm³/mol. The van der Waals surface area contributed by atoms with Gasteiger partial charge in [-0.25, -0.2) is 4.57 Å². The van der Waals surface area contributed by atoms with Crippen molar-refractivity contribution in [2.24, 2.45) is 29.7 Å². The highest BCUT2D eigenvalue weighted by Gasteiger charge is 2.64. The summed E-state index contributed by atoms with van der Waals surface area (Å²) in [6.07, 6.45) is 13.6. The van der Waals surface area contributed by atoms with Gasteiger partial charge in [-0.05, 0) is 68.1 Å². The summed E-state index contributed by atoms with van der Waals surface area (Å²) in [5.74, 6) is 1.63. The van der Waals surface area contributed by atoms with E-state index in [1.54, 1.807) is 0 Å². The van der Waals surface area contributed by atoms with E-state index in [0.717, 1.165) is 49.8 Å². The summed E-state index contributed by atoms with van der Waals surface area (Å²) < 4.78 is 4.11. The summed E-state index contributed by atoms with van der Waals surface area (Å²) in [6, 6.07) is 0.